The van der Waals surface area contributed by atoms with E-state index >= 15 is 0 Å². The molecule has 4 nitrogen and oxygen atoms in total. The predicted octanol–water partition coefficient (Wildman–Crippen LogP) is 4.92. The van der Waals surface area contributed by atoms with Crippen LogP contribution in [0, 0.1) is 13.8 Å². The van der Waals surface area contributed by atoms with Crippen LogP contribution in [0.2, 0.25) is 0 Å². The maximum atomic E-state index is 12.4. The second-order valence-corrected chi connectivity index (χ2v) is 7.84. The Labute approximate surface area is 169 Å². The van der Waals surface area contributed by atoms with Gasteiger partial charge < -0.3 is 0 Å². The molecule has 0 saturated carbocycles. The molecule has 1 amide bonds. The highest BCUT2D eigenvalue weighted by molar-refractivity contribution is 8.15. The molecule has 0 atom stereocenters. The molecule has 0 aromatic heterocycles. The fourth-order valence-electron chi connectivity index (χ4n) is 3.34. The first-order valence-electron chi connectivity index (χ1n) is 9.20. The van der Waals surface area contributed by atoms with Gasteiger partial charge in [-0.25, -0.2) is 0 Å². The van der Waals surface area contributed by atoms with Gasteiger partial charge in [0.15, 0.2) is 5.17 Å². The Morgan fingerprint density at radius 1 is 1.07 bits per heavy atom. The average Bonchev–Trinajstić information content (AvgIpc) is 3.04. The molecule has 1 aliphatic heterocycles. The minimum Gasteiger partial charge on any atom is -0.285 e. The van der Waals surface area contributed by atoms with E-state index in [0.717, 1.165) is 22.1 Å². The number of rotatable bonds is 4. The van der Waals surface area contributed by atoms with Crippen molar-refractivity contribution in [2.45, 2.75) is 20.4 Å². The summed E-state index contributed by atoms with van der Waals surface area (Å²) in [6, 6.07) is 20.6. The van der Waals surface area contributed by atoms with Crippen LogP contribution in [0.25, 0.3) is 10.8 Å². The van der Waals surface area contributed by atoms with Crippen molar-refractivity contribution in [1.82, 2.24) is 4.90 Å². The van der Waals surface area contributed by atoms with Gasteiger partial charge in [0.1, 0.15) is 0 Å². The molecule has 5 heteroatoms. The van der Waals surface area contributed by atoms with Crippen molar-refractivity contribution >= 4 is 39.8 Å². The zero-order chi connectivity index (χ0) is 19.5. The number of benzene rings is 3. The summed E-state index contributed by atoms with van der Waals surface area (Å²) in [5, 5.41) is 11.6. The summed E-state index contributed by atoms with van der Waals surface area (Å²) in [5.41, 5.74) is 4.52. The lowest BCUT2D eigenvalue weighted by molar-refractivity contribution is -0.124. The van der Waals surface area contributed by atoms with Gasteiger partial charge in [-0.2, -0.15) is 5.10 Å². The van der Waals surface area contributed by atoms with Gasteiger partial charge in [0.05, 0.1) is 18.5 Å². The number of hydrogen-bond donors (Lipinski definition) is 0. The number of thioether (sulfide) groups is 1. The van der Waals surface area contributed by atoms with E-state index in [9.17, 15) is 4.79 Å². The summed E-state index contributed by atoms with van der Waals surface area (Å²) in [6.07, 6.45) is 1.75. The number of carbonyl (C=O) groups excluding carboxylic acids is 1. The summed E-state index contributed by atoms with van der Waals surface area (Å²) < 4.78 is 0. The highest BCUT2D eigenvalue weighted by Crippen LogP contribution is 2.25. The first kappa shape index (κ1) is 18.4. The lowest BCUT2D eigenvalue weighted by atomic mass is 10.0. The van der Waals surface area contributed by atoms with Crippen LogP contribution >= 0.6 is 11.8 Å². The van der Waals surface area contributed by atoms with Crippen molar-refractivity contribution in [2.24, 2.45) is 10.2 Å². The summed E-state index contributed by atoms with van der Waals surface area (Å²) in [7, 11) is 0. The number of hydrogen-bond acceptors (Lipinski definition) is 4. The third-order valence-electron chi connectivity index (χ3n) is 4.83. The average molecular weight is 388 g/mol. The molecule has 0 spiro atoms. The van der Waals surface area contributed by atoms with Crippen molar-refractivity contribution in [1.29, 1.82) is 0 Å². The van der Waals surface area contributed by atoms with Crippen LogP contribution in [0.15, 0.2) is 70.9 Å². The zero-order valence-electron chi connectivity index (χ0n) is 15.9. The van der Waals surface area contributed by atoms with E-state index in [-0.39, 0.29) is 5.91 Å². The quantitative estimate of drug-likeness (QED) is 0.471. The van der Waals surface area contributed by atoms with Crippen LogP contribution in [0.5, 0.6) is 0 Å². The highest BCUT2D eigenvalue weighted by atomic mass is 32.2. The minimum absolute atomic E-state index is 0.0680. The predicted molar refractivity (Wildman–Crippen MR) is 118 cm³/mol. The molecule has 28 heavy (non-hydrogen) atoms. The molecule has 0 N–H and O–H groups in total. The normalized spacial score (nSPS) is 16.0. The molecule has 0 aliphatic carbocycles. The fraction of sp³-hybridized carbons (Fsp3) is 0.174. The molecule has 1 aliphatic rings. The SMILES string of the molecule is Cc1ccc(/C=N\N=C2/SCC(=O)N2Cc2cccc3ccccc23)c(C)c1. The van der Waals surface area contributed by atoms with Crippen molar-refractivity contribution in [2.75, 3.05) is 5.75 Å². The summed E-state index contributed by atoms with van der Waals surface area (Å²) in [6.45, 7) is 4.63. The van der Waals surface area contributed by atoms with E-state index < -0.39 is 0 Å². The Kier molecular flexibility index (Phi) is 5.26. The van der Waals surface area contributed by atoms with Gasteiger partial charge >= 0.3 is 0 Å². The Morgan fingerprint density at radius 2 is 1.89 bits per heavy atom. The molecule has 1 fully saturated rings. The second-order valence-electron chi connectivity index (χ2n) is 6.89. The van der Waals surface area contributed by atoms with Crippen LogP contribution in [0.3, 0.4) is 0 Å². The molecular formula is C23H21N3OS. The van der Waals surface area contributed by atoms with E-state index in [4.69, 9.17) is 0 Å². The van der Waals surface area contributed by atoms with Crippen LogP contribution in [-0.2, 0) is 11.3 Å². The lowest BCUT2D eigenvalue weighted by Gasteiger charge is -2.16. The zero-order valence-corrected chi connectivity index (χ0v) is 16.7. The summed E-state index contributed by atoms with van der Waals surface area (Å²) >= 11 is 1.44. The largest absolute Gasteiger partial charge is 0.285 e. The molecule has 140 valence electrons. The maximum absolute atomic E-state index is 12.4. The van der Waals surface area contributed by atoms with Crippen molar-refractivity contribution in [3.63, 3.8) is 0 Å². The first-order chi connectivity index (χ1) is 13.6. The Balaban J connectivity index is 1.58. The smallest absolute Gasteiger partial charge is 0.239 e. The maximum Gasteiger partial charge on any atom is 0.239 e. The van der Waals surface area contributed by atoms with E-state index in [1.807, 2.05) is 24.3 Å². The molecular weight excluding hydrogens is 366 g/mol. The number of fused-ring (bicyclic) bond motifs is 1. The third kappa shape index (κ3) is 3.85. The van der Waals surface area contributed by atoms with E-state index in [1.54, 1.807) is 11.1 Å². The van der Waals surface area contributed by atoms with Gasteiger partial charge in [-0.15, -0.1) is 5.10 Å². The molecule has 1 heterocycles. The lowest BCUT2D eigenvalue weighted by Crippen LogP contribution is -2.28. The number of amides is 1. The summed E-state index contributed by atoms with van der Waals surface area (Å²) in [4.78, 5) is 14.2. The van der Waals surface area contributed by atoms with Crippen molar-refractivity contribution in [3.8, 4) is 0 Å². The van der Waals surface area contributed by atoms with Crippen molar-refractivity contribution < 1.29 is 4.79 Å². The number of aryl methyl sites for hydroxylation is 2. The standard InChI is InChI=1S/C23H21N3OS/c1-16-10-11-19(17(2)12-16)13-24-25-23-26(22(27)15-28-23)14-20-8-5-7-18-6-3-4-9-21(18)20/h3-13H,14-15H2,1-2H3/b24-13-,25-23-. The van der Waals surface area contributed by atoms with Gasteiger partial charge in [0, 0.05) is 0 Å². The van der Waals surface area contributed by atoms with Gasteiger partial charge in [0.25, 0.3) is 0 Å². The van der Waals surface area contributed by atoms with Crippen LogP contribution < -0.4 is 0 Å². The second kappa shape index (κ2) is 7.98. The van der Waals surface area contributed by atoms with Gasteiger partial charge in [0.2, 0.25) is 5.91 Å². The van der Waals surface area contributed by atoms with E-state index in [2.05, 4.69) is 60.4 Å². The molecule has 3 aromatic rings. The molecule has 4 rings (SSSR count). The third-order valence-corrected chi connectivity index (χ3v) is 5.78. The Hall–Kier alpha value is -2.92. The van der Waals surface area contributed by atoms with Crippen molar-refractivity contribution in [3.05, 3.63) is 82.9 Å². The topological polar surface area (TPSA) is 45.0 Å². The molecule has 0 radical (unpaired) electrons. The number of amidine groups is 1. The van der Waals surface area contributed by atoms with Gasteiger partial charge in [-0.1, -0.05) is 78.0 Å². The minimum atomic E-state index is 0.0680. The highest BCUT2D eigenvalue weighted by Gasteiger charge is 2.28. The summed E-state index contributed by atoms with van der Waals surface area (Å²) in [5.74, 6) is 0.473. The van der Waals surface area contributed by atoms with E-state index in [1.165, 1.54) is 22.7 Å². The number of nitrogens with zero attached hydrogens (tertiary/aromatic N) is 3. The first-order valence-corrected chi connectivity index (χ1v) is 10.2. The molecule has 1 saturated heterocycles. The molecule has 0 unspecified atom stereocenters. The monoisotopic (exact) mass is 387 g/mol. The molecule has 0 bridgehead atoms. The van der Waals surface area contributed by atoms with Crippen LogP contribution in [-0.4, -0.2) is 27.9 Å². The van der Waals surface area contributed by atoms with Crippen LogP contribution in [0.4, 0.5) is 0 Å². The van der Waals surface area contributed by atoms with E-state index in [0.29, 0.717) is 17.5 Å². The van der Waals surface area contributed by atoms with Crippen LogP contribution in [0.1, 0.15) is 22.3 Å². The molecule has 3 aromatic carbocycles. The number of carbonyl (C=O) groups is 1. The van der Waals surface area contributed by atoms with Gasteiger partial charge in [-0.05, 0) is 41.3 Å². The Morgan fingerprint density at radius 3 is 2.75 bits per heavy atom. The van der Waals surface area contributed by atoms with Gasteiger partial charge in [-0.3, -0.25) is 9.69 Å². The fourth-order valence-corrected chi connectivity index (χ4v) is 4.17. The Bertz CT molecular complexity index is 1100.